The Hall–Kier alpha value is -7.57. The zero-order chi connectivity index (χ0) is 58.8. The molecule has 2 aliphatic rings. The van der Waals surface area contributed by atoms with Gasteiger partial charge in [0.1, 0.15) is 22.1 Å². The highest BCUT2D eigenvalue weighted by Gasteiger charge is 2.30. The van der Waals surface area contributed by atoms with Crippen molar-refractivity contribution in [2.75, 3.05) is 23.8 Å². The van der Waals surface area contributed by atoms with Crippen LogP contribution in [0, 0.1) is 6.92 Å². The van der Waals surface area contributed by atoms with Crippen LogP contribution in [-0.2, 0) is 14.3 Å². The number of thiophene rings is 1. The monoisotopic (exact) mass is 1310 g/mol. The number of hydrogen-bond donors (Lipinski definition) is 8. The SMILES string of the molecule is C.C.C/C=C\C(N)=C/N.CC(=O)c1cc2ccc(Br)cc2[nH]1.CC(C)(C)OC(=O)C1N=Cc2cc(Nc3ccnc(Cl)n3)ccc21.Cc1cnc(Cl)nc1Nc1ccc2[nH]ncc2c1.NC1CCOC1.O=C(O)c1cc2ccc(Br)cc2s1. The Morgan fingerprint density at radius 2 is 1.57 bits per heavy atom. The Kier molecular flexibility index (Phi) is 26.5. The number of esters is 1. The lowest BCUT2D eigenvalue weighted by atomic mass is 10.0. The summed E-state index contributed by atoms with van der Waals surface area (Å²) in [5, 5.41) is 25.5. The van der Waals surface area contributed by atoms with Crippen molar-refractivity contribution in [1.29, 1.82) is 0 Å². The molecule has 438 valence electrons. The molecule has 0 bridgehead atoms. The van der Waals surface area contributed by atoms with E-state index in [9.17, 15) is 14.4 Å². The minimum atomic E-state index is -0.864. The standard InChI is InChI=1S/C17H17ClN4O2.C12H10ClN5.C10H8BrNO.C9H5BrO2S.C5H10N2.C4H9NO.2CH4/c1-17(2,3)24-15(23)14-12-5-4-11(8-10(12)9-20-14)21-13-6-7-19-16(18)22-13;1-7-5-14-12(13)17-11(7)16-9-2-3-10-8(4-9)6-15-18-10;1-6(13)9-4-7-2-3-8(11)5-10(7)12-9;10-6-2-1-5-3-8(9(11)12)13-7(5)4-6;1-2-3-5(7)4-6;5-4-1-2-6-3-4;;/h4-9,14H,1-3H3,(H,19,21,22);2-6H,1H3,(H,15,18)(H,14,16,17);2-5,12H,1H3;1-4H,(H,11,12);2-4H,6-7H2,1H3;4H,1-3,5H2;2*1H4/b;;;;3-2-,5-4+;;;. The van der Waals surface area contributed by atoms with Gasteiger partial charge in [-0.05, 0) is 154 Å². The smallest absolute Gasteiger partial charge is 0.345 e. The molecule has 83 heavy (non-hydrogen) atoms. The molecule has 24 heteroatoms. The predicted octanol–water partition coefficient (Wildman–Crippen LogP) is 14.6. The third-order valence-corrected chi connectivity index (χ3v) is 13.5. The van der Waals surface area contributed by atoms with Crippen LogP contribution in [-0.4, -0.2) is 89.0 Å². The number of fused-ring (bicyclic) bond motifs is 4. The van der Waals surface area contributed by atoms with E-state index in [-0.39, 0.29) is 37.2 Å². The first-order valence-corrected chi connectivity index (χ1v) is 27.9. The topological polar surface area (TPSA) is 300 Å². The summed E-state index contributed by atoms with van der Waals surface area (Å²) < 4.78 is 13.3. The lowest BCUT2D eigenvalue weighted by Crippen LogP contribution is -2.26. The first kappa shape index (κ1) is 67.9. The van der Waals surface area contributed by atoms with E-state index >= 15 is 0 Å². The summed E-state index contributed by atoms with van der Waals surface area (Å²) in [6, 6.07) is 28.1. The average Bonchev–Trinajstić information content (AvgIpc) is 4.21. The highest BCUT2D eigenvalue weighted by atomic mass is 79.9. The van der Waals surface area contributed by atoms with Gasteiger partial charge in [-0.15, -0.1) is 11.3 Å². The Balaban J connectivity index is 0.000000225. The van der Waals surface area contributed by atoms with Gasteiger partial charge in [-0.1, -0.05) is 71.0 Å². The number of carbonyl (C=O) groups excluding carboxylic acids is 2. The molecule has 0 radical (unpaired) electrons. The maximum absolute atomic E-state index is 12.3. The normalized spacial score (nSPS) is 13.8. The van der Waals surface area contributed by atoms with E-state index in [1.807, 2.05) is 120 Å². The molecule has 19 nitrogen and oxygen atoms in total. The number of H-pyrrole nitrogens is 2. The molecule has 11 rings (SSSR count). The summed E-state index contributed by atoms with van der Waals surface area (Å²) in [5.41, 5.74) is 22.8. The average molecular weight is 1320 g/mol. The van der Waals surface area contributed by atoms with Crippen LogP contribution in [0.25, 0.3) is 31.9 Å². The highest BCUT2D eigenvalue weighted by Crippen LogP contribution is 2.32. The summed E-state index contributed by atoms with van der Waals surface area (Å²) in [7, 11) is 0. The van der Waals surface area contributed by atoms with Crippen molar-refractivity contribution in [1.82, 2.24) is 35.1 Å². The lowest BCUT2D eigenvalue weighted by molar-refractivity contribution is -0.156. The van der Waals surface area contributed by atoms with Gasteiger partial charge in [-0.2, -0.15) is 5.10 Å². The molecular formula is C59H67Br2Cl2N13O6S. The quantitative estimate of drug-likeness (QED) is 0.0303. The number of carbonyl (C=O) groups is 3. The summed E-state index contributed by atoms with van der Waals surface area (Å²) in [4.78, 5) is 57.7. The van der Waals surface area contributed by atoms with Crippen molar-refractivity contribution in [3.63, 3.8) is 0 Å². The number of halogens is 4. The number of aromatic carboxylic acids is 1. The number of rotatable bonds is 8. The van der Waals surface area contributed by atoms with E-state index < -0.39 is 17.6 Å². The molecule has 1 fully saturated rings. The number of aromatic nitrogens is 7. The van der Waals surface area contributed by atoms with E-state index in [1.165, 1.54) is 17.5 Å². The summed E-state index contributed by atoms with van der Waals surface area (Å²) in [6.07, 6.45) is 12.7. The number of ketones is 1. The van der Waals surface area contributed by atoms with Crippen molar-refractivity contribution in [2.45, 2.75) is 80.5 Å². The number of allylic oxidation sites excluding steroid dienone is 2. The minimum absolute atomic E-state index is 0. The number of hydrogen-bond acceptors (Lipinski definition) is 17. The predicted molar refractivity (Wildman–Crippen MR) is 345 cm³/mol. The number of ether oxygens (including phenoxy) is 2. The molecule has 1 saturated heterocycles. The number of nitrogens with one attached hydrogen (secondary N) is 4. The zero-order valence-electron chi connectivity index (χ0n) is 44.8. The Morgan fingerprint density at radius 1 is 0.867 bits per heavy atom. The van der Waals surface area contributed by atoms with Crippen LogP contribution in [0.3, 0.4) is 0 Å². The molecule has 2 aliphatic heterocycles. The number of carboxylic acids is 1. The van der Waals surface area contributed by atoms with Crippen LogP contribution in [0.2, 0.25) is 10.6 Å². The van der Waals surface area contributed by atoms with Gasteiger partial charge in [0.2, 0.25) is 10.6 Å². The van der Waals surface area contributed by atoms with Gasteiger partial charge in [0.25, 0.3) is 0 Å². The van der Waals surface area contributed by atoms with Crippen LogP contribution in [0.15, 0.2) is 148 Å². The molecule has 0 amide bonds. The second-order valence-electron chi connectivity index (χ2n) is 18.7. The molecule has 2 unspecified atom stereocenters. The maximum atomic E-state index is 12.3. The molecule has 0 aliphatic carbocycles. The molecule has 0 saturated carbocycles. The number of carboxylic acid groups (broad SMARTS) is 1. The number of nitrogens with two attached hydrogens (primary N) is 3. The fraction of sp³-hybridized carbons (Fsp3) is 0.237. The van der Waals surface area contributed by atoms with E-state index in [2.05, 4.69) is 82.6 Å². The second kappa shape index (κ2) is 32.3. The molecule has 0 spiro atoms. The summed E-state index contributed by atoms with van der Waals surface area (Å²) in [5.74, 6) is 0.150. The van der Waals surface area contributed by atoms with Crippen LogP contribution >= 0.6 is 66.4 Å². The third kappa shape index (κ3) is 21.3. The second-order valence-corrected chi connectivity index (χ2v) is 22.3. The number of nitrogens with zero attached hydrogens (tertiary/aromatic N) is 6. The van der Waals surface area contributed by atoms with Crippen molar-refractivity contribution in [2.24, 2.45) is 22.2 Å². The van der Waals surface area contributed by atoms with E-state index in [0.717, 1.165) is 88.5 Å². The first-order valence-electron chi connectivity index (χ1n) is 24.8. The molecular weight excluding hydrogens is 1250 g/mol. The number of aliphatic imine (C=N–C) groups is 1. The number of Topliss-reactive ketones (excluding diaryl/α,β-unsaturated/α-hetero) is 1. The fourth-order valence-electron chi connectivity index (χ4n) is 7.25. The van der Waals surface area contributed by atoms with Crippen molar-refractivity contribution >= 4 is 145 Å². The minimum Gasteiger partial charge on any atom is -0.477 e. The van der Waals surface area contributed by atoms with Crippen molar-refractivity contribution in [3.8, 4) is 0 Å². The summed E-state index contributed by atoms with van der Waals surface area (Å²) in [6.45, 7) is 12.5. The largest absolute Gasteiger partial charge is 0.477 e. The van der Waals surface area contributed by atoms with Crippen LogP contribution in [0.4, 0.5) is 23.0 Å². The van der Waals surface area contributed by atoms with Crippen LogP contribution in [0.5, 0.6) is 0 Å². The number of benzene rings is 4. The Morgan fingerprint density at radius 3 is 2.19 bits per heavy atom. The van der Waals surface area contributed by atoms with Crippen LogP contribution < -0.4 is 27.8 Å². The Labute approximate surface area is 512 Å². The number of anilines is 4. The fourth-order valence-corrected chi connectivity index (χ4v) is 9.35. The van der Waals surface area contributed by atoms with Crippen molar-refractivity contribution < 1.29 is 29.0 Å². The molecule has 9 aromatic rings. The Bertz CT molecular complexity index is 3640. The van der Waals surface area contributed by atoms with Crippen LogP contribution in [0.1, 0.15) is 98.8 Å². The van der Waals surface area contributed by atoms with Gasteiger partial charge in [-0.25, -0.2) is 29.5 Å². The molecule has 7 heterocycles. The molecule has 4 aromatic carbocycles. The van der Waals surface area contributed by atoms with E-state index in [4.69, 9.17) is 55.0 Å². The van der Waals surface area contributed by atoms with Gasteiger partial charge in [0, 0.05) is 103 Å². The zero-order valence-corrected chi connectivity index (χ0v) is 50.3. The highest BCUT2D eigenvalue weighted by molar-refractivity contribution is 9.10. The van der Waals surface area contributed by atoms with Gasteiger partial charge in [0.05, 0.1) is 24.0 Å². The van der Waals surface area contributed by atoms with Gasteiger partial charge >= 0.3 is 11.9 Å². The molecule has 5 aromatic heterocycles. The van der Waals surface area contributed by atoms with E-state index in [1.54, 1.807) is 49.9 Å². The summed E-state index contributed by atoms with van der Waals surface area (Å²) >= 11 is 19.6. The van der Waals surface area contributed by atoms with Crippen molar-refractivity contribution in [3.05, 3.63) is 180 Å². The third-order valence-electron chi connectivity index (χ3n) is 11.1. The first-order chi connectivity index (χ1) is 38.6. The lowest BCUT2D eigenvalue weighted by Gasteiger charge is -2.21. The molecule has 11 N–H and O–H groups in total. The molecule has 2 atom stereocenters. The van der Waals surface area contributed by atoms with E-state index in [0.29, 0.717) is 33.9 Å². The van der Waals surface area contributed by atoms with Gasteiger partial charge in [0.15, 0.2) is 11.8 Å². The number of aryl methyl sites for hydroxylation is 1. The maximum Gasteiger partial charge on any atom is 0.345 e. The number of aromatic amines is 2. The van der Waals surface area contributed by atoms with Gasteiger partial charge in [-0.3, -0.25) is 14.9 Å². The van der Waals surface area contributed by atoms with Gasteiger partial charge < -0.3 is 47.4 Å².